The first-order valence-electron chi connectivity index (χ1n) is 6.52. The molecule has 2 rings (SSSR count). The van der Waals surface area contributed by atoms with Crippen LogP contribution in [-0.2, 0) is 4.79 Å². The van der Waals surface area contributed by atoms with Crippen molar-refractivity contribution in [2.45, 2.75) is 20.3 Å². The fourth-order valence-electron chi connectivity index (χ4n) is 2.36. The number of rotatable bonds is 4. The topological polar surface area (TPSA) is 62.1 Å². The monoisotopic (exact) mass is 259 g/mol. The number of nitrogens with one attached hydrogen (secondary N) is 1. The molecule has 2 aromatic rings. The van der Waals surface area contributed by atoms with Gasteiger partial charge in [0.05, 0.1) is 5.69 Å². The summed E-state index contributed by atoms with van der Waals surface area (Å²) in [7, 11) is 1.82. The van der Waals surface area contributed by atoms with Crippen LogP contribution in [-0.4, -0.2) is 24.5 Å². The van der Waals surface area contributed by atoms with Gasteiger partial charge in [0, 0.05) is 29.6 Å². The summed E-state index contributed by atoms with van der Waals surface area (Å²) < 4.78 is 0. The maximum atomic E-state index is 12.6. The van der Waals surface area contributed by atoms with Gasteiger partial charge in [-0.3, -0.25) is 4.79 Å². The second-order valence-corrected chi connectivity index (χ2v) is 5.51. The molecule has 0 saturated heterocycles. The molecule has 0 radical (unpaired) electrons. The van der Waals surface area contributed by atoms with Crippen molar-refractivity contribution in [3.63, 3.8) is 0 Å². The Morgan fingerprint density at radius 1 is 1.37 bits per heavy atom. The van der Waals surface area contributed by atoms with Crippen molar-refractivity contribution in [1.82, 2.24) is 4.98 Å². The Bertz CT molecular complexity index is 586. The van der Waals surface area contributed by atoms with E-state index in [-0.39, 0.29) is 5.91 Å². The highest BCUT2D eigenvalue weighted by atomic mass is 16.2. The molecule has 0 aliphatic heterocycles. The van der Waals surface area contributed by atoms with E-state index in [0.29, 0.717) is 13.0 Å². The molecule has 19 heavy (non-hydrogen) atoms. The Morgan fingerprint density at radius 3 is 2.74 bits per heavy atom. The lowest BCUT2D eigenvalue weighted by atomic mass is 9.87. The van der Waals surface area contributed by atoms with Gasteiger partial charge in [-0.2, -0.15) is 0 Å². The van der Waals surface area contributed by atoms with Gasteiger partial charge in [0.2, 0.25) is 5.91 Å². The molecule has 102 valence electrons. The third-order valence-corrected chi connectivity index (χ3v) is 3.58. The zero-order valence-corrected chi connectivity index (χ0v) is 11.7. The number of nitrogens with two attached hydrogens (primary N) is 1. The minimum atomic E-state index is -0.443. The van der Waals surface area contributed by atoms with Crippen LogP contribution in [0.3, 0.4) is 0 Å². The molecule has 1 aromatic heterocycles. The minimum Gasteiger partial charge on any atom is -0.359 e. The van der Waals surface area contributed by atoms with Crippen molar-refractivity contribution >= 4 is 22.5 Å². The second-order valence-electron chi connectivity index (χ2n) is 5.51. The zero-order valence-electron chi connectivity index (χ0n) is 11.7. The summed E-state index contributed by atoms with van der Waals surface area (Å²) in [6.07, 6.45) is 2.56. The Kier molecular flexibility index (Phi) is 3.62. The number of para-hydroxylation sites is 1. The van der Waals surface area contributed by atoms with Crippen molar-refractivity contribution in [3.05, 3.63) is 30.5 Å². The quantitative estimate of drug-likeness (QED) is 0.886. The summed E-state index contributed by atoms with van der Waals surface area (Å²) in [5.41, 5.74) is 7.09. The lowest BCUT2D eigenvalue weighted by molar-refractivity contribution is -0.126. The highest BCUT2D eigenvalue weighted by Crippen LogP contribution is 2.30. The first-order valence-corrected chi connectivity index (χ1v) is 6.52. The molecule has 0 fully saturated rings. The minimum absolute atomic E-state index is 0.0858. The van der Waals surface area contributed by atoms with Gasteiger partial charge in [-0.1, -0.05) is 32.0 Å². The Hall–Kier alpha value is -1.81. The van der Waals surface area contributed by atoms with E-state index in [4.69, 9.17) is 5.73 Å². The molecule has 1 heterocycles. The molecule has 1 aromatic carbocycles. The molecule has 4 nitrogen and oxygen atoms in total. The summed E-state index contributed by atoms with van der Waals surface area (Å²) >= 11 is 0. The molecule has 0 atom stereocenters. The Labute approximate surface area is 113 Å². The number of aromatic nitrogens is 1. The SMILES string of the molecule is CN(C(=O)C(C)(C)CCN)c1c[nH]c2ccccc12. The van der Waals surface area contributed by atoms with E-state index >= 15 is 0 Å². The number of carbonyl (C=O) groups excluding carboxylic acids is 1. The smallest absolute Gasteiger partial charge is 0.232 e. The maximum absolute atomic E-state index is 12.6. The summed E-state index contributed by atoms with van der Waals surface area (Å²) in [5, 5.41) is 1.06. The predicted octanol–water partition coefficient (Wildman–Crippen LogP) is 2.51. The van der Waals surface area contributed by atoms with E-state index in [0.717, 1.165) is 16.6 Å². The molecule has 0 aliphatic carbocycles. The number of aromatic amines is 1. The first-order chi connectivity index (χ1) is 8.97. The van der Waals surface area contributed by atoms with Crippen LogP contribution in [0.2, 0.25) is 0 Å². The molecule has 3 N–H and O–H groups in total. The first kappa shape index (κ1) is 13.6. The molecule has 0 unspecified atom stereocenters. The van der Waals surface area contributed by atoms with E-state index in [1.165, 1.54) is 0 Å². The van der Waals surface area contributed by atoms with Gasteiger partial charge in [-0.25, -0.2) is 0 Å². The molecular formula is C15H21N3O. The van der Waals surface area contributed by atoms with Crippen molar-refractivity contribution < 1.29 is 4.79 Å². The Balaban J connectivity index is 2.34. The van der Waals surface area contributed by atoms with Crippen LogP contribution < -0.4 is 10.6 Å². The predicted molar refractivity (Wildman–Crippen MR) is 79.2 cm³/mol. The number of benzene rings is 1. The highest BCUT2D eigenvalue weighted by Gasteiger charge is 2.30. The van der Waals surface area contributed by atoms with Crippen molar-refractivity contribution in [2.75, 3.05) is 18.5 Å². The van der Waals surface area contributed by atoms with Crippen LogP contribution in [0.1, 0.15) is 20.3 Å². The van der Waals surface area contributed by atoms with Gasteiger partial charge in [0.15, 0.2) is 0 Å². The van der Waals surface area contributed by atoms with E-state index in [9.17, 15) is 4.79 Å². The van der Waals surface area contributed by atoms with Gasteiger partial charge in [0.25, 0.3) is 0 Å². The number of carbonyl (C=O) groups is 1. The standard InChI is InChI=1S/C15H21N3O/c1-15(2,8-9-16)14(19)18(3)13-10-17-12-7-5-4-6-11(12)13/h4-7,10,17H,8-9,16H2,1-3H3. The second kappa shape index (κ2) is 5.05. The Morgan fingerprint density at radius 2 is 2.05 bits per heavy atom. The van der Waals surface area contributed by atoms with Crippen molar-refractivity contribution in [3.8, 4) is 0 Å². The fraction of sp³-hybridized carbons (Fsp3) is 0.400. The number of nitrogens with zero attached hydrogens (tertiary/aromatic N) is 1. The van der Waals surface area contributed by atoms with Crippen molar-refractivity contribution in [1.29, 1.82) is 0 Å². The summed E-state index contributed by atoms with van der Waals surface area (Å²) in [5.74, 6) is 0.0858. The number of H-pyrrole nitrogens is 1. The lowest BCUT2D eigenvalue weighted by Crippen LogP contribution is -2.39. The van der Waals surface area contributed by atoms with Crippen LogP contribution in [0.15, 0.2) is 30.5 Å². The third-order valence-electron chi connectivity index (χ3n) is 3.58. The van der Waals surface area contributed by atoms with Crippen LogP contribution in [0.25, 0.3) is 10.9 Å². The van der Waals surface area contributed by atoms with E-state index in [1.807, 2.05) is 51.4 Å². The molecule has 0 bridgehead atoms. The van der Waals surface area contributed by atoms with E-state index < -0.39 is 5.41 Å². The molecule has 0 saturated carbocycles. The van der Waals surface area contributed by atoms with Crippen molar-refractivity contribution in [2.24, 2.45) is 11.1 Å². The number of hydrogen-bond acceptors (Lipinski definition) is 2. The van der Waals surface area contributed by atoms with Gasteiger partial charge in [-0.15, -0.1) is 0 Å². The zero-order chi connectivity index (χ0) is 14.0. The van der Waals surface area contributed by atoms with Gasteiger partial charge in [0.1, 0.15) is 0 Å². The highest BCUT2D eigenvalue weighted by molar-refractivity contribution is 6.04. The average Bonchev–Trinajstić information content (AvgIpc) is 2.80. The summed E-state index contributed by atoms with van der Waals surface area (Å²) in [6.45, 7) is 4.39. The van der Waals surface area contributed by atoms with Gasteiger partial charge >= 0.3 is 0 Å². The lowest BCUT2D eigenvalue weighted by Gasteiger charge is -2.28. The molecular weight excluding hydrogens is 238 g/mol. The fourth-order valence-corrected chi connectivity index (χ4v) is 2.36. The molecule has 0 aliphatic rings. The third kappa shape index (κ3) is 2.49. The number of fused-ring (bicyclic) bond motifs is 1. The number of anilines is 1. The number of amides is 1. The van der Waals surface area contributed by atoms with Gasteiger partial charge < -0.3 is 15.6 Å². The summed E-state index contributed by atoms with van der Waals surface area (Å²) in [6, 6.07) is 7.97. The van der Waals surface area contributed by atoms with Gasteiger partial charge in [-0.05, 0) is 19.0 Å². The van der Waals surface area contributed by atoms with Crippen LogP contribution in [0.4, 0.5) is 5.69 Å². The average molecular weight is 259 g/mol. The van der Waals surface area contributed by atoms with Crippen LogP contribution in [0.5, 0.6) is 0 Å². The largest absolute Gasteiger partial charge is 0.359 e. The molecule has 4 heteroatoms. The molecule has 0 spiro atoms. The van der Waals surface area contributed by atoms with E-state index in [1.54, 1.807) is 4.90 Å². The van der Waals surface area contributed by atoms with Crippen LogP contribution in [0, 0.1) is 5.41 Å². The molecule has 1 amide bonds. The summed E-state index contributed by atoms with van der Waals surface area (Å²) in [4.78, 5) is 17.5. The normalized spacial score (nSPS) is 11.8. The number of hydrogen-bond donors (Lipinski definition) is 2. The van der Waals surface area contributed by atoms with E-state index in [2.05, 4.69) is 4.98 Å². The van der Waals surface area contributed by atoms with Crippen LogP contribution >= 0.6 is 0 Å². The maximum Gasteiger partial charge on any atom is 0.232 e.